The van der Waals surface area contributed by atoms with E-state index in [1.54, 1.807) is 6.20 Å². The van der Waals surface area contributed by atoms with Gasteiger partial charge in [-0.25, -0.2) is 0 Å². The van der Waals surface area contributed by atoms with Crippen LogP contribution in [-0.2, 0) is 4.74 Å². The third-order valence-electron chi connectivity index (χ3n) is 2.23. The number of aliphatic hydroxyl groups is 1. The van der Waals surface area contributed by atoms with Crippen molar-refractivity contribution in [3.63, 3.8) is 0 Å². The number of hydrogen-bond acceptors (Lipinski definition) is 3. The second kappa shape index (κ2) is 4.83. The molecule has 2 aromatic rings. The average Bonchev–Trinajstić information content (AvgIpc) is 2.27. The largest absolute Gasteiger partial charge is 0.364 e. The Balaban J connectivity index is 2.65. The van der Waals surface area contributed by atoms with Gasteiger partial charge in [0, 0.05) is 27.8 Å². The van der Waals surface area contributed by atoms with Crippen molar-refractivity contribution in [3.05, 3.63) is 38.6 Å². The monoisotopic (exact) mass is 349 g/mol. The molecular formula is C11H9ClINO2. The van der Waals surface area contributed by atoms with E-state index < -0.39 is 6.29 Å². The van der Waals surface area contributed by atoms with E-state index in [2.05, 4.69) is 27.6 Å². The lowest BCUT2D eigenvalue weighted by Crippen LogP contribution is -2.00. The number of nitrogens with zero attached hydrogens (tertiary/aromatic N) is 1. The molecule has 0 aliphatic carbocycles. The molecule has 0 saturated heterocycles. The molecule has 84 valence electrons. The van der Waals surface area contributed by atoms with E-state index in [9.17, 15) is 5.11 Å². The molecule has 0 aliphatic heterocycles. The Morgan fingerprint density at radius 3 is 2.88 bits per heavy atom. The second-order valence-electron chi connectivity index (χ2n) is 3.32. The molecule has 0 spiro atoms. The predicted octanol–water partition coefficient (Wildman–Crippen LogP) is 3.13. The van der Waals surface area contributed by atoms with E-state index in [4.69, 9.17) is 16.3 Å². The van der Waals surface area contributed by atoms with Crippen molar-refractivity contribution < 1.29 is 9.84 Å². The molecule has 0 saturated carbocycles. The van der Waals surface area contributed by atoms with Gasteiger partial charge in [-0.2, -0.15) is 0 Å². The molecule has 1 unspecified atom stereocenters. The number of aromatic nitrogens is 1. The van der Waals surface area contributed by atoms with Gasteiger partial charge in [0.15, 0.2) is 6.29 Å². The molecule has 5 heteroatoms. The van der Waals surface area contributed by atoms with Crippen molar-refractivity contribution in [1.82, 2.24) is 4.98 Å². The van der Waals surface area contributed by atoms with Crippen LogP contribution in [0.25, 0.3) is 10.9 Å². The summed E-state index contributed by atoms with van der Waals surface area (Å²) in [4.78, 5) is 4.24. The first-order chi connectivity index (χ1) is 7.61. The van der Waals surface area contributed by atoms with Crippen LogP contribution in [0.1, 0.15) is 11.9 Å². The van der Waals surface area contributed by atoms with Gasteiger partial charge < -0.3 is 9.84 Å². The van der Waals surface area contributed by atoms with Gasteiger partial charge in [-0.05, 0) is 40.8 Å². The molecule has 0 amide bonds. The van der Waals surface area contributed by atoms with Crippen molar-refractivity contribution in [2.24, 2.45) is 0 Å². The number of pyridine rings is 1. The first-order valence-electron chi connectivity index (χ1n) is 4.57. The third kappa shape index (κ3) is 2.29. The Kier molecular flexibility index (Phi) is 3.63. The van der Waals surface area contributed by atoms with E-state index in [0.29, 0.717) is 10.6 Å². The van der Waals surface area contributed by atoms with Gasteiger partial charge in [-0.3, -0.25) is 4.98 Å². The Bertz CT molecular complexity index is 533. The topological polar surface area (TPSA) is 42.4 Å². The summed E-state index contributed by atoms with van der Waals surface area (Å²) in [6.45, 7) is 0. The van der Waals surface area contributed by atoms with Crippen molar-refractivity contribution in [2.45, 2.75) is 6.29 Å². The first kappa shape index (κ1) is 12.0. The lowest BCUT2D eigenvalue weighted by atomic mass is 10.1. The standard InChI is InChI=1S/C11H9ClINO2/c1-16-11(15)7-2-6-3-8(12)5-14-10(6)9(13)4-7/h2-5,11,15H,1H3. The predicted molar refractivity (Wildman–Crippen MR) is 71.4 cm³/mol. The molecular weight excluding hydrogens is 340 g/mol. The third-order valence-corrected chi connectivity index (χ3v) is 3.26. The van der Waals surface area contributed by atoms with Crippen molar-refractivity contribution in [2.75, 3.05) is 7.11 Å². The van der Waals surface area contributed by atoms with E-state index in [1.807, 2.05) is 18.2 Å². The molecule has 0 radical (unpaired) electrons. The summed E-state index contributed by atoms with van der Waals surface area (Å²) in [5.74, 6) is 0. The fourth-order valence-corrected chi connectivity index (χ4v) is 2.46. The summed E-state index contributed by atoms with van der Waals surface area (Å²) in [7, 11) is 1.46. The molecule has 0 aliphatic rings. The first-order valence-corrected chi connectivity index (χ1v) is 6.03. The molecule has 0 bridgehead atoms. The minimum atomic E-state index is -0.920. The summed E-state index contributed by atoms with van der Waals surface area (Å²) in [6, 6.07) is 5.49. The van der Waals surface area contributed by atoms with Gasteiger partial charge in [0.25, 0.3) is 0 Å². The lowest BCUT2D eigenvalue weighted by molar-refractivity contribution is -0.0768. The highest BCUT2D eigenvalue weighted by Gasteiger charge is 2.10. The summed E-state index contributed by atoms with van der Waals surface area (Å²) in [6.07, 6.45) is 0.690. The number of halogens is 2. The van der Waals surface area contributed by atoms with Crippen LogP contribution in [0.15, 0.2) is 24.4 Å². The molecule has 0 fully saturated rings. The second-order valence-corrected chi connectivity index (χ2v) is 4.91. The van der Waals surface area contributed by atoms with Crippen LogP contribution in [-0.4, -0.2) is 17.2 Å². The molecule has 1 N–H and O–H groups in total. The molecule has 1 heterocycles. The van der Waals surface area contributed by atoms with Crippen LogP contribution >= 0.6 is 34.2 Å². The highest BCUT2D eigenvalue weighted by Crippen LogP contribution is 2.26. The number of aliphatic hydroxyl groups excluding tert-OH is 1. The van der Waals surface area contributed by atoms with E-state index in [1.165, 1.54) is 7.11 Å². The fourth-order valence-electron chi connectivity index (χ4n) is 1.48. The molecule has 1 atom stereocenters. The molecule has 2 rings (SSSR count). The van der Waals surface area contributed by atoms with E-state index >= 15 is 0 Å². The molecule has 3 nitrogen and oxygen atoms in total. The van der Waals surface area contributed by atoms with Gasteiger partial charge in [0.1, 0.15) is 0 Å². The number of benzene rings is 1. The molecule has 16 heavy (non-hydrogen) atoms. The Labute approximate surface area is 112 Å². The van der Waals surface area contributed by atoms with Crippen LogP contribution in [0.4, 0.5) is 0 Å². The maximum absolute atomic E-state index is 9.60. The molecule has 1 aromatic carbocycles. The number of rotatable bonds is 2. The van der Waals surface area contributed by atoms with E-state index in [0.717, 1.165) is 14.5 Å². The summed E-state index contributed by atoms with van der Waals surface area (Å²) >= 11 is 8.05. The highest BCUT2D eigenvalue weighted by atomic mass is 127. The van der Waals surface area contributed by atoms with Crippen LogP contribution in [0, 0.1) is 3.57 Å². The quantitative estimate of drug-likeness (QED) is 0.669. The maximum Gasteiger partial charge on any atom is 0.180 e. The Hall–Kier alpha value is -0.430. The molecule has 1 aromatic heterocycles. The zero-order valence-electron chi connectivity index (χ0n) is 8.45. The van der Waals surface area contributed by atoms with Crippen molar-refractivity contribution >= 4 is 45.1 Å². The van der Waals surface area contributed by atoms with Crippen molar-refractivity contribution in [3.8, 4) is 0 Å². The zero-order chi connectivity index (χ0) is 11.7. The zero-order valence-corrected chi connectivity index (χ0v) is 11.4. The van der Waals surface area contributed by atoms with Gasteiger partial charge in [-0.15, -0.1) is 0 Å². The van der Waals surface area contributed by atoms with Gasteiger partial charge >= 0.3 is 0 Å². The van der Waals surface area contributed by atoms with Crippen molar-refractivity contribution in [1.29, 1.82) is 0 Å². The SMILES string of the molecule is COC(O)c1cc(I)c2ncc(Cl)cc2c1. The normalized spacial score (nSPS) is 13.0. The smallest absolute Gasteiger partial charge is 0.180 e. The van der Waals surface area contributed by atoms with Crippen LogP contribution in [0.2, 0.25) is 5.02 Å². The average molecular weight is 350 g/mol. The minimum Gasteiger partial charge on any atom is -0.364 e. The van der Waals surface area contributed by atoms with Crippen LogP contribution < -0.4 is 0 Å². The van der Waals surface area contributed by atoms with Gasteiger partial charge in [0.2, 0.25) is 0 Å². The Morgan fingerprint density at radius 1 is 1.44 bits per heavy atom. The summed E-state index contributed by atoms with van der Waals surface area (Å²) in [5, 5.41) is 11.1. The Morgan fingerprint density at radius 2 is 2.19 bits per heavy atom. The number of hydrogen-bond donors (Lipinski definition) is 1. The highest BCUT2D eigenvalue weighted by molar-refractivity contribution is 14.1. The minimum absolute atomic E-state index is 0.576. The maximum atomic E-state index is 9.60. The number of methoxy groups -OCH3 is 1. The van der Waals surface area contributed by atoms with Crippen LogP contribution in [0.5, 0.6) is 0 Å². The van der Waals surface area contributed by atoms with Gasteiger partial charge in [0.05, 0.1) is 10.5 Å². The van der Waals surface area contributed by atoms with Crippen LogP contribution in [0.3, 0.4) is 0 Å². The summed E-state index contributed by atoms with van der Waals surface area (Å²) < 4.78 is 5.83. The lowest BCUT2D eigenvalue weighted by Gasteiger charge is -2.10. The fraction of sp³-hybridized carbons (Fsp3) is 0.182. The van der Waals surface area contributed by atoms with Gasteiger partial charge in [-0.1, -0.05) is 11.6 Å². The summed E-state index contributed by atoms with van der Waals surface area (Å²) in [5.41, 5.74) is 1.57. The van der Waals surface area contributed by atoms with E-state index in [-0.39, 0.29) is 0 Å². The number of fused-ring (bicyclic) bond motifs is 1. The number of ether oxygens (including phenoxy) is 1.